The molecule has 2 nitrogen and oxygen atoms in total. The molecule has 0 atom stereocenters. The van der Waals surface area contributed by atoms with Crippen molar-refractivity contribution in [3.05, 3.63) is 190 Å². The molecule has 0 unspecified atom stereocenters. The molecular formula is C57H44BF24NO. The molecule has 0 saturated heterocycles. The molecule has 0 aliphatic heterocycles. The van der Waals surface area contributed by atoms with Crippen LogP contribution in [-0.4, -0.2) is 6.15 Å². The zero-order valence-electron chi connectivity index (χ0n) is 43.1. The first-order chi connectivity index (χ1) is 38.6. The van der Waals surface area contributed by atoms with Crippen molar-refractivity contribution in [3.63, 3.8) is 0 Å². The first kappa shape index (κ1) is 66.1. The molecule has 84 heavy (non-hydrogen) atoms. The maximum absolute atomic E-state index is 14.2. The van der Waals surface area contributed by atoms with Crippen LogP contribution in [-0.2, 0) is 55.8 Å². The number of rotatable bonds is 15. The number of para-hydroxylation sites is 1. The van der Waals surface area contributed by atoms with Crippen molar-refractivity contribution in [2.24, 2.45) is 0 Å². The Hall–Kier alpha value is -7.09. The van der Waals surface area contributed by atoms with Gasteiger partial charge in [0.1, 0.15) is 6.15 Å². The highest BCUT2D eigenvalue weighted by atomic mass is 19.4. The molecule has 0 N–H and O–H groups in total. The summed E-state index contributed by atoms with van der Waals surface area (Å²) in [4.78, 5) is 6.05. The molecule has 0 aliphatic rings. The average Bonchev–Trinajstić information content (AvgIpc) is 1.59. The van der Waals surface area contributed by atoms with Crippen LogP contribution in [0.1, 0.15) is 108 Å². The number of pyridine rings is 1. The summed E-state index contributed by atoms with van der Waals surface area (Å²) in [6.07, 6.45) is -40.7. The zero-order chi connectivity index (χ0) is 62.6. The highest BCUT2D eigenvalue weighted by molar-refractivity contribution is 7.20. The number of nitrogens with zero attached hydrogens (tertiary/aromatic N) is 1. The summed E-state index contributed by atoms with van der Waals surface area (Å²) in [5.41, 5.74) is -27.7. The van der Waals surface area contributed by atoms with Gasteiger partial charge in [-0.1, -0.05) is 125 Å². The first-order valence-electron chi connectivity index (χ1n) is 25.2. The largest absolute Gasteiger partial charge is 0.416 e. The molecule has 1 heterocycles. The molecule has 454 valence electrons. The van der Waals surface area contributed by atoms with Crippen LogP contribution in [0.2, 0.25) is 0 Å². The smallest absolute Gasteiger partial charge is 0.231 e. The number of halogens is 24. The van der Waals surface area contributed by atoms with Gasteiger partial charge in [-0.05, 0) is 66.9 Å². The van der Waals surface area contributed by atoms with E-state index >= 15 is 0 Å². The summed E-state index contributed by atoms with van der Waals surface area (Å²) in [7, 11) is 0. The summed E-state index contributed by atoms with van der Waals surface area (Å²) in [5.74, 6) is 0.871. The Morgan fingerprint density at radius 2 is 0.619 bits per heavy atom. The quantitative estimate of drug-likeness (QED) is 0.0432. The van der Waals surface area contributed by atoms with Gasteiger partial charge >= 0.3 is 49.4 Å². The van der Waals surface area contributed by atoms with Crippen LogP contribution < -0.4 is 31.4 Å². The molecule has 6 aromatic carbocycles. The van der Waals surface area contributed by atoms with E-state index in [4.69, 9.17) is 4.84 Å². The molecule has 0 bridgehead atoms. The number of fused-ring (bicyclic) bond motifs is 1. The Labute approximate surface area is 462 Å². The Morgan fingerprint density at radius 3 is 0.929 bits per heavy atom. The summed E-state index contributed by atoms with van der Waals surface area (Å²) in [6, 6.07) is 12.1. The van der Waals surface area contributed by atoms with Crippen LogP contribution in [0.4, 0.5) is 105 Å². The molecular weight excluding hydrogens is 1180 g/mol. The van der Waals surface area contributed by atoms with Gasteiger partial charge in [0.2, 0.25) is 11.9 Å². The van der Waals surface area contributed by atoms with E-state index in [1.165, 1.54) is 62.3 Å². The van der Waals surface area contributed by atoms with Crippen LogP contribution >= 0.6 is 0 Å². The lowest BCUT2D eigenvalue weighted by Gasteiger charge is -2.46. The molecule has 0 saturated carbocycles. The van der Waals surface area contributed by atoms with Crippen LogP contribution in [0.3, 0.4) is 0 Å². The van der Waals surface area contributed by atoms with Gasteiger partial charge < -0.3 is 0 Å². The van der Waals surface area contributed by atoms with Crippen molar-refractivity contribution in [2.45, 2.75) is 114 Å². The lowest BCUT2D eigenvalue weighted by molar-refractivity contribution is -0.854. The van der Waals surface area contributed by atoms with Gasteiger partial charge in [0.05, 0.1) is 49.9 Å². The van der Waals surface area contributed by atoms with E-state index in [9.17, 15) is 105 Å². The van der Waals surface area contributed by atoms with E-state index in [1.807, 2.05) is 29.1 Å². The van der Waals surface area contributed by atoms with Crippen LogP contribution in [0.25, 0.3) is 10.9 Å². The average molecular weight is 1230 g/mol. The Bertz CT molecular complexity index is 2920. The summed E-state index contributed by atoms with van der Waals surface area (Å²) >= 11 is 0. The minimum absolute atomic E-state index is 0.691. The van der Waals surface area contributed by atoms with Gasteiger partial charge in [-0.15, -0.1) is 0 Å². The van der Waals surface area contributed by atoms with Crippen molar-refractivity contribution in [1.29, 1.82) is 0 Å². The van der Waals surface area contributed by atoms with E-state index in [0.29, 0.717) is 0 Å². The predicted molar refractivity (Wildman–Crippen MR) is 263 cm³/mol. The van der Waals surface area contributed by atoms with E-state index in [0.717, 1.165) is 17.7 Å². The summed E-state index contributed by atoms with van der Waals surface area (Å²) in [5, 5.41) is 1.17. The third-order valence-corrected chi connectivity index (χ3v) is 13.6. The van der Waals surface area contributed by atoms with E-state index in [2.05, 4.69) is 49.4 Å². The highest BCUT2D eigenvalue weighted by Crippen LogP contribution is 2.41. The van der Waals surface area contributed by atoms with Crippen molar-refractivity contribution < 1.29 is 115 Å². The molecule has 7 rings (SSSR count). The molecule has 0 aliphatic carbocycles. The second-order valence-corrected chi connectivity index (χ2v) is 19.6. The van der Waals surface area contributed by atoms with Crippen LogP contribution in [0, 0.1) is 0 Å². The zero-order valence-corrected chi connectivity index (χ0v) is 43.1. The predicted octanol–water partition coefficient (Wildman–Crippen LogP) is 17.9. The second kappa shape index (κ2) is 24.9. The maximum atomic E-state index is 14.2. The number of hydrogen-bond donors (Lipinski definition) is 0. The molecule has 0 radical (unpaired) electrons. The van der Waals surface area contributed by atoms with E-state index in [1.54, 1.807) is 0 Å². The fourth-order valence-electron chi connectivity index (χ4n) is 9.58. The minimum Gasteiger partial charge on any atom is -0.231 e. The van der Waals surface area contributed by atoms with Gasteiger partial charge in [0.15, 0.2) is 0 Å². The Kier molecular flexibility index (Phi) is 19.5. The molecule has 0 amide bonds. The molecule has 0 spiro atoms. The van der Waals surface area contributed by atoms with Gasteiger partial charge in [0, 0.05) is 16.9 Å². The third kappa shape index (κ3) is 16.4. The number of benzene rings is 6. The lowest BCUT2D eigenvalue weighted by Crippen LogP contribution is -2.75. The molecule has 27 heteroatoms. The molecule has 1 aromatic heterocycles. The lowest BCUT2D eigenvalue weighted by atomic mass is 9.12. The Morgan fingerprint density at radius 1 is 0.333 bits per heavy atom. The highest BCUT2D eigenvalue weighted by Gasteiger charge is 2.47. The van der Waals surface area contributed by atoms with E-state index < -0.39 is 195 Å². The van der Waals surface area contributed by atoms with Gasteiger partial charge in [-0.25, -0.2) is 4.84 Å². The Balaban J connectivity index is 0.000000347. The van der Waals surface area contributed by atoms with Gasteiger partial charge in [-0.3, -0.25) is 0 Å². The number of hydrogen-bond acceptors (Lipinski definition) is 1. The number of unbranched alkanes of at least 4 members (excludes halogenated alkanes) is 7. The topological polar surface area (TPSA) is 13.1 Å². The van der Waals surface area contributed by atoms with Crippen molar-refractivity contribution >= 4 is 38.9 Å². The fourth-order valence-corrected chi connectivity index (χ4v) is 9.58. The van der Waals surface area contributed by atoms with Crippen molar-refractivity contribution in [3.8, 4) is 5.75 Å². The standard InChI is InChI=1S/C32H12BF24.C25H32NO/c34-25(35,36)13-1-14(26(37,38)39)6-21(5-13)33(22-7-15(27(40,41)42)2-16(8-22)28(43,44)45,23-9-17(29(46,47)48)3-18(10-23)30(49,50)51)24-11-19(31(52,53)54)4-20(12-24)32(55,56)57;1-2-3-4-5-6-7-8-9-13-22-17-19-24(20-18-22)27-26-21-12-15-23-14-10-11-16-25(23)26/h1-12H;10-12,14-21H,2-9,13H2,1H3/q-1;+1. The minimum atomic E-state index is -6.13. The monoisotopic (exact) mass is 1230 g/mol. The maximum Gasteiger partial charge on any atom is 0.416 e. The number of aryl methyl sites for hydroxylation is 1. The van der Waals surface area contributed by atoms with Crippen molar-refractivity contribution in [1.82, 2.24) is 0 Å². The van der Waals surface area contributed by atoms with Crippen LogP contribution in [0.15, 0.2) is 140 Å². The van der Waals surface area contributed by atoms with Crippen molar-refractivity contribution in [2.75, 3.05) is 0 Å². The summed E-state index contributed by atoms with van der Waals surface area (Å²) in [6.45, 7) is 2.27. The number of aromatic nitrogens is 1. The van der Waals surface area contributed by atoms with Crippen LogP contribution in [0.5, 0.6) is 5.75 Å². The molecule has 0 fully saturated rings. The third-order valence-electron chi connectivity index (χ3n) is 13.6. The SMILES string of the molecule is CCCCCCCCCCc1ccc(O[n+]2cccc3ccccc32)cc1.FC(F)(F)c1cc([B-](c2cc(C(F)(F)F)cc(C(F)(F)F)c2)(c2cc(C(F)(F)F)cc(C(F)(F)F)c2)c2cc(C(F)(F)F)cc(C(F)(F)F)c2)cc(C(F)(F)F)c1. The number of alkyl halides is 24. The van der Waals surface area contributed by atoms with Gasteiger partial charge in [0.25, 0.3) is 5.52 Å². The first-order valence-corrected chi connectivity index (χ1v) is 25.2. The normalized spacial score (nSPS) is 13.2. The summed E-state index contributed by atoms with van der Waals surface area (Å²) < 4.78 is 343. The fraction of sp³-hybridized carbons (Fsp3) is 0.316. The second-order valence-electron chi connectivity index (χ2n) is 19.6. The molecule has 7 aromatic rings. The van der Waals surface area contributed by atoms with Gasteiger partial charge in [-0.2, -0.15) is 127 Å². The van der Waals surface area contributed by atoms with E-state index in [-0.39, 0.29) is 0 Å².